The van der Waals surface area contributed by atoms with Gasteiger partial charge in [-0.05, 0) is 24.1 Å². The number of carbonyl (C=O) groups is 1. The molecule has 0 spiro atoms. The van der Waals surface area contributed by atoms with E-state index in [1.807, 2.05) is 30.3 Å². The largest absolute Gasteiger partial charge is 0.497 e. The summed E-state index contributed by atoms with van der Waals surface area (Å²) in [6.45, 7) is 6.69. The van der Waals surface area contributed by atoms with Gasteiger partial charge in [-0.2, -0.15) is 0 Å². The molecule has 1 N–H and O–H groups in total. The Morgan fingerprint density at radius 1 is 1.06 bits per heavy atom. The van der Waals surface area contributed by atoms with Gasteiger partial charge in [0.1, 0.15) is 18.0 Å². The molecule has 5 nitrogen and oxygen atoms in total. The Kier molecular flexibility index (Phi) is 8.77. The first-order valence-electron chi connectivity index (χ1n) is 11.5. The van der Waals surface area contributed by atoms with Gasteiger partial charge in [-0.15, -0.1) is 0 Å². The minimum Gasteiger partial charge on any atom is -0.497 e. The number of rotatable bonds is 10. The number of amides is 1. The number of hydrogen-bond acceptors (Lipinski definition) is 3. The van der Waals surface area contributed by atoms with Crippen molar-refractivity contribution in [1.29, 1.82) is 0 Å². The van der Waals surface area contributed by atoms with Gasteiger partial charge in [-0.1, -0.05) is 43.7 Å². The molecular formula is C26H37N2O3+. The third-order valence-electron chi connectivity index (χ3n) is 6.29. The van der Waals surface area contributed by atoms with Crippen molar-refractivity contribution >= 4 is 5.91 Å². The van der Waals surface area contributed by atoms with E-state index in [2.05, 4.69) is 30.0 Å². The third kappa shape index (κ3) is 6.47. The summed E-state index contributed by atoms with van der Waals surface area (Å²) in [5.74, 6) is 2.16. The number of methoxy groups -OCH3 is 2. The zero-order valence-corrected chi connectivity index (χ0v) is 19.2. The van der Waals surface area contributed by atoms with E-state index >= 15 is 0 Å². The quantitative estimate of drug-likeness (QED) is 0.635. The molecule has 0 unspecified atom stereocenters. The highest BCUT2D eigenvalue weighted by Crippen LogP contribution is 2.24. The summed E-state index contributed by atoms with van der Waals surface area (Å²) < 4.78 is 10.9. The van der Waals surface area contributed by atoms with Crippen LogP contribution in [0.25, 0.3) is 0 Å². The van der Waals surface area contributed by atoms with Crippen molar-refractivity contribution in [1.82, 2.24) is 4.90 Å². The number of ether oxygens (including phenoxy) is 2. The highest BCUT2D eigenvalue weighted by molar-refractivity contribution is 5.79. The Morgan fingerprint density at radius 3 is 2.45 bits per heavy atom. The number of hydrogen-bond donors (Lipinski definition) is 1. The molecule has 0 aromatic heterocycles. The number of unbranched alkanes of at least 4 members (excludes halogenated alkanes) is 1. The Morgan fingerprint density at radius 2 is 1.81 bits per heavy atom. The van der Waals surface area contributed by atoms with E-state index in [1.54, 1.807) is 14.2 Å². The van der Waals surface area contributed by atoms with Crippen molar-refractivity contribution in [3.8, 4) is 11.5 Å². The van der Waals surface area contributed by atoms with E-state index < -0.39 is 0 Å². The topological polar surface area (TPSA) is 43.2 Å². The lowest BCUT2D eigenvalue weighted by atomic mass is 9.94. The van der Waals surface area contributed by atoms with Gasteiger partial charge in [0, 0.05) is 43.5 Å². The number of carbonyl (C=O) groups excluding carboxylic acids is 1. The molecule has 1 amide bonds. The fraction of sp³-hybridized carbons (Fsp3) is 0.500. The highest BCUT2D eigenvalue weighted by atomic mass is 16.5. The molecule has 2 aromatic rings. The highest BCUT2D eigenvalue weighted by Gasteiger charge is 2.30. The first kappa shape index (κ1) is 23.1. The van der Waals surface area contributed by atoms with Gasteiger partial charge in [0.2, 0.25) is 5.91 Å². The van der Waals surface area contributed by atoms with Crippen LogP contribution in [0.15, 0.2) is 48.5 Å². The van der Waals surface area contributed by atoms with Crippen molar-refractivity contribution in [2.24, 2.45) is 5.92 Å². The zero-order valence-electron chi connectivity index (χ0n) is 19.2. The molecule has 31 heavy (non-hydrogen) atoms. The van der Waals surface area contributed by atoms with Gasteiger partial charge in [0.25, 0.3) is 0 Å². The molecule has 1 saturated heterocycles. The standard InChI is InChI=1S/C26H36N2O3/c1-4-5-15-28(19-21-9-7-6-8-10-21)26(29)22-13-16-27(17-14-22)20-23-11-12-24(30-2)18-25(23)31-3/h6-12,18,22H,4-5,13-17,19-20H2,1-3H3/p+1. The van der Waals surface area contributed by atoms with Crippen molar-refractivity contribution in [3.63, 3.8) is 0 Å². The van der Waals surface area contributed by atoms with Gasteiger partial charge >= 0.3 is 0 Å². The lowest BCUT2D eigenvalue weighted by Crippen LogP contribution is -3.11. The Balaban J connectivity index is 1.57. The third-order valence-corrected chi connectivity index (χ3v) is 6.29. The van der Waals surface area contributed by atoms with Crippen LogP contribution in [0.3, 0.4) is 0 Å². The molecule has 5 heteroatoms. The fourth-order valence-corrected chi connectivity index (χ4v) is 4.40. The number of quaternary nitrogens is 1. The molecule has 0 aliphatic carbocycles. The average Bonchev–Trinajstić information content (AvgIpc) is 2.82. The van der Waals surface area contributed by atoms with Crippen LogP contribution in [-0.4, -0.2) is 44.7 Å². The summed E-state index contributed by atoms with van der Waals surface area (Å²) in [5.41, 5.74) is 2.40. The minimum absolute atomic E-state index is 0.141. The van der Waals surface area contributed by atoms with Crippen molar-refractivity contribution < 1.29 is 19.2 Å². The molecule has 1 aliphatic heterocycles. The molecule has 1 heterocycles. The fourth-order valence-electron chi connectivity index (χ4n) is 4.40. The van der Waals surface area contributed by atoms with Gasteiger partial charge in [-0.3, -0.25) is 4.79 Å². The minimum atomic E-state index is 0.141. The van der Waals surface area contributed by atoms with Gasteiger partial charge in [-0.25, -0.2) is 0 Å². The smallest absolute Gasteiger partial charge is 0.226 e. The first-order valence-corrected chi connectivity index (χ1v) is 11.5. The number of likely N-dealkylation sites (tertiary alicyclic amines) is 1. The van der Waals surface area contributed by atoms with E-state index in [1.165, 1.54) is 16.0 Å². The normalized spacial score (nSPS) is 18.4. The molecule has 3 rings (SSSR count). The predicted octanol–water partition coefficient (Wildman–Crippen LogP) is 3.33. The van der Waals surface area contributed by atoms with Crippen LogP contribution in [0.2, 0.25) is 0 Å². The van der Waals surface area contributed by atoms with E-state index in [0.29, 0.717) is 5.91 Å². The second kappa shape index (κ2) is 11.8. The second-order valence-corrected chi connectivity index (χ2v) is 8.48. The Labute approximate surface area is 187 Å². The number of benzene rings is 2. The first-order chi connectivity index (χ1) is 15.1. The van der Waals surface area contributed by atoms with Crippen molar-refractivity contribution in [2.75, 3.05) is 33.9 Å². The van der Waals surface area contributed by atoms with Crippen LogP contribution < -0.4 is 14.4 Å². The number of piperidine rings is 1. The zero-order chi connectivity index (χ0) is 22.1. The van der Waals surface area contributed by atoms with Gasteiger partial charge in [0.05, 0.1) is 27.3 Å². The Bertz CT molecular complexity index is 817. The molecule has 1 aliphatic rings. The molecular weight excluding hydrogens is 388 g/mol. The maximum Gasteiger partial charge on any atom is 0.226 e. The van der Waals surface area contributed by atoms with E-state index in [0.717, 1.165) is 69.9 Å². The Hall–Kier alpha value is -2.53. The summed E-state index contributed by atoms with van der Waals surface area (Å²) in [5, 5.41) is 0. The molecule has 0 radical (unpaired) electrons. The summed E-state index contributed by atoms with van der Waals surface area (Å²) in [7, 11) is 3.37. The maximum atomic E-state index is 13.3. The average molecular weight is 426 g/mol. The number of nitrogens with zero attached hydrogens (tertiary/aromatic N) is 1. The van der Waals surface area contributed by atoms with Gasteiger partial charge in [0.15, 0.2) is 0 Å². The van der Waals surface area contributed by atoms with Crippen LogP contribution >= 0.6 is 0 Å². The van der Waals surface area contributed by atoms with Crippen LogP contribution in [0.4, 0.5) is 0 Å². The molecule has 0 atom stereocenters. The SMILES string of the molecule is CCCCN(Cc1ccccc1)C(=O)C1CC[NH+](Cc2ccc(OC)cc2OC)CC1. The number of nitrogens with one attached hydrogen (secondary N) is 1. The van der Waals surface area contributed by atoms with Crippen LogP contribution in [0.5, 0.6) is 11.5 Å². The van der Waals surface area contributed by atoms with Crippen LogP contribution in [0.1, 0.15) is 43.7 Å². The molecule has 0 saturated carbocycles. The second-order valence-electron chi connectivity index (χ2n) is 8.48. The lowest BCUT2D eigenvalue weighted by Gasteiger charge is -2.32. The monoisotopic (exact) mass is 425 g/mol. The van der Waals surface area contributed by atoms with E-state index in [4.69, 9.17) is 9.47 Å². The summed E-state index contributed by atoms with van der Waals surface area (Å²) in [4.78, 5) is 16.9. The molecule has 2 aromatic carbocycles. The van der Waals surface area contributed by atoms with Crippen LogP contribution in [-0.2, 0) is 17.9 Å². The lowest BCUT2D eigenvalue weighted by molar-refractivity contribution is -0.919. The maximum absolute atomic E-state index is 13.3. The summed E-state index contributed by atoms with van der Waals surface area (Å²) >= 11 is 0. The summed E-state index contributed by atoms with van der Waals surface area (Å²) in [6, 6.07) is 16.4. The van der Waals surface area contributed by atoms with E-state index in [9.17, 15) is 4.79 Å². The van der Waals surface area contributed by atoms with Crippen molar-refractivity contribution in [2.45, 2.75) is 45.7 Å². The summed E-state index contributed by atoms with van der Waals surface area (Å²) in [6.07, 6.45) is 4.05. The van der Waals surface area contributed by atoms with E-state index in [-0.39, 0.29) is 5.92 Å². The molecule has 0 bridgehead atoms. The predicted molar refractivity (Wildman–Crippen MR) is 123 cm³/mol. The van der Waals surface area contributed by atoms with Crippen molar-refractivity contribution in [3.05, 3.63) is 59.7 Å². The van der Waals surface area contributed by atoms with Gasteiger partial charge < -0.3 is 19.3 Å². The molecule has 1 fully saturated rings. The van der Waals surface area contributed by atoms with Crippen LogP contribution in [0, 0.1) is 5.92 Å². The molecule has 168 valence electrons.